The molecule has 0 aromatic carbocycles. The third kappa shape index (κ3) is 7.63. The number of hydrogen-bond donors (Lipinski definition) is 1. The quantitative estimate of drug-likeness (QED) is 0.346. The second-order valence-electron chi connectivity index (χ2n) is 9.04. The number of guanidine groups is 1. The van der Waals surface area contributed by atoms with Crippen LogP contribution in [-0.4, -0.2) is 76.5 Å². The highest BCUT2D eigenvalue weighted by Gasteiger charge is 2.35. The number of amides is 1. The van der Waals surface area contributed by atoms with Crippen LogP contribution in [0.1, 0.15) is 46.5 Å². The Morgan fingerprint density at radius 3 is 2.50 bits per heavy atom. The van der Waals surface area contributed by atoms with E-state index in [4.69, 9.17) is 4.74 Å². The minimum atomic E-state index is -0.458. The number of carbonyl (C=O) groups is 1. The van der Waals surface area contributed by atoms with Crippen LogP contribution in [0.15, 0.2) is 23.5 Å². The van der Waals surface area contributed by atoms with Crippen molar-refractivity contribution < 1.29 is 9.53 Å². The number of likely N-dealkylation sites (tertiary alicyclic amines) is 1. The van der Waals surface area contributed by atoms with Crippen LogP contribution in [0.3, 0.4) is 0 Å². The summed E-state index contributed by atoms with van der Waals surface area (Å²) in [7, 11) is 1.82. The second kappa shape index (κ2) is 11.2. The van der Waals surface area contributed by atoms with E-state index in [1.807, 2.05) is 49.7 Å². The van der Waals surface area contributed by atoms with E-state index in [2.05, 4.69) is 20.3 Å². The first-order valence-corrected chi connectivity index (χ1v) is 10.8. The predicted molar refractivity (Wildman–Crippen MR) is 129 cm³/mol. The first-order valence-electron chi connectivity index (χ1n) is 10.8. The maximum atomic E-state index is 12.8. The number of ether oxygens (including phenoxy) is 1. The molecule has 170 valence electrons. The molecule has 2 heterocycles. The van der Waals surface area contributed by atoms with E-state index in [-0.39, 0.29) is 36.1 Å². The lowest BCUT2D eigenvalue weighted by molar-refractivity contribution is 0.00928. The molecule has 1 aliphatic heterocycles. The molecule has 2 aliphatic rings. The molecular formula is C21H37IN6O2. The number of nitrogens with zero attached hydrogens (tertiary/aromatic N) is 5. The molecular weight excluding hydrogens is 495 g/mol. The van der Waals surface area contributed by atoms with Crippen LogP contribution in [0.25, 0.3) is 0 Å². The SMILES string of the molecule is CN=C(NCCn1cccn1)N1CCC(N(CC2CC2)C(=O)OC(C)(C)C)CC1.I. The summed E-state index contributed by atoms with van der Waals surface area (Å²) in [6.07, 6.45) is 7.91. The van der Waals surface area contributed by atoms with Gasteiger partial charge in [0.2, 0.25) is 0 Å². The Morgan fingerprint density at radius 2 is 1.97 bits per heavy atom. The highest BCUT2D eigenvalue weighted by atomic mass is 127. The number of rotatable bonds is 6. The summed E-state index contributed by atoms with van der Waals surface area (Å²) in [5, 5.41) is 7.65. The molecule has 1 amide bonds. The van der Waals surface area contributed by atoms with Crippen molar-refractivity contribution in [1.82, 2.24) is 24.9 Å². The smallest absolute Gasteiger partial charge is 0.410 e. The van der Waals surface area contributed by atoms with Crippen LogP contribution in [-0.2, 0) is 11.3 Å². The molecule has 3 rings (SSSR count). The van der Waals surface area contributed by atoms with Gasteiger partial charge in [-0.05, 0) is 58.4 Å². The number of hydrogen-bond acceptors (Lipinski definition) is 4. The summed E-state index contributed by atoms with van der Waals surface area (Å²) in [4.78, 5) is 21.5. The Bertz CT molecular complexity index is 676. The van der Waals surface area contributed by atoms with Crippen molar-refractivity contribution >= 4 is 36.0 Å². The first-order chi connectivity index (χ1) is 13.9. The van der Waals surface area contributed by atoms with Gasteiger partial charge in [0.15, 0.2) is 5.96 Å². The van der Waals surface area contributed by atoms with Crippen molar-refractivity contribution in [2.75, 3.05) is 33.2 Å². The van der Waals surface area contributed by atoms with Crippen LogP contribution >= 0.6 is 24.0 Å². The average molecular weight is 532 g/mol. The zero-order valence-corrected chi connectivity index (χ0v) is 21.0. The van der Waals surface area contributed by atoms with Gasteiger partial charge in [0.05, 0.1) is 6.54 Å². The Morgan fingerprint density at radius 1 is 1.27 bits per heavy atom. The largest absolute Gasteiger partial charge is 0.444 e. The number of piperidine rings is 1. The number of nitrogens with one attached hydrogen (secondary N) is 1. The molecule has 1 saturated heterocycles. The summed E-state index contributed by atoms with van der Waals surface area (Å²) < 4.78 is 7.60. The zero-order valence-electron chi connectivity index (χ0n) is 18.7. The zero-order chi connectivity index (χ0) is 20.9. The molecule has 8 nitrogen and oxygen atoms in total. The maximum absolute atomic E-state index is 12.8. The van der Waals surface area contributed by atoms with Crippen molar-refractivity contribution in [3.05, 3.63) is 18.5 Å². The van der Waals surface area contributed by atoms with Gasteiger partial charge in [-0.15, -0.1) is 24.0 Å². The van der Waals surface area contributed by atoms with Gasteiger partial charge in [-0.2, -0.15) is 5.10 Å². The summed E-state index contributed by atoms with van der Waals surface area (Å²) in [5.74, 6) is 1.57. The Balaban J connectivity index is 0.00000320. The lowest BCUT2D eigenvalue weighted by atomic mass is 10.0. The summed E-state index contributed by atoms with van der Waals surface area (Å²) in [6.45, 7) is 9.98. The highest BCUT2D eigenvalue weighted by molar-refractivity contribution is 14.0. The Labute approximate surface area is 197 Å². The fourth-order valence-electron chi connectivity index (χ4n) is 3.71. The minimum Gasteiger partial charge on any atom is -0.444 e. The van der Waals surface area contributed by atoms with Crippen LogP contribution in [0.4, 0.5) is 4.79 Å². The van der Waals surface area contributed by atoms with Crippen molar-refractivity contribution in [2.45, 2.75) is 64.6 Å². The topological polar surface area (TPSA) is 75.0 Å². The molecule has 0 atom stereocenters. The van der Waals surface area contributed by atoms with Crippen molar-refractivity contribution in [3.8, 4) is 0 Å². The van der Waals surface area contributed by atoms with Gasteiger partial charge in [0.25, 0.3) is 0 Å². The molecule has 9 heteroatoms. The van der Waals surface area contributed by atoms with Gasteiger partial charge in [0, 0.05) is 51.7 Å². The molecule has 1 N–H and O–H groups in total. The minimum absolute atomic E-state index is 0. The molecule has 0 bridgehead atoms. The van der Waals surface area contributed by atoms with Gasteiger partial charge in [-0.3, -0.25) is 9.67 Å². The fourth-order valence-corrected chi connectivity index (χ4v) is 3.71. The van der Waals surface area contributed by atoms with E-state index >= 15 is 0 Å². The normalized spacial score (nSPS) is 18.0. The summed E-state index contributed by atoms with van der Waals surface area (Å²) in [6, 6.07) is 2.17. The van der Waals surface area contributed by atoms with E-state index in [9.17, 15) is 4.79 Å². The molecule has 1 aromatic heterocycles. The number of carbonyl (C=O) groups excluding carboxylic acids is 1. The average Bonchev–Trinajstić information content (AvgIpc) is 3.35. The second-order valence-corrected chi connectivity index (χ2v) is 9.04. The Kier molecular flexibility index (Phi) is 9.24. The summed E-state index contributed by atoms with van der Waals surface area (Å²) in [5.41, 5.74) is -0.458. The maximum Gasteiger partial charge on any atom is 0.410 e. The third-order valence-electron chi connectivity index (χ3n) is 5.38. The van der Waals surface area contributed by atoms with Gasteiger partial charge in [-0.25, -0.2) is 4.79 Å². The van der Waals surface area contributed by atoms with Gasteiger partial charge >= 0.3 is 6.09 Å². The lowest BCUT2D eigenvalue weighted by Gasteiger charge is -2.40. The van der Waals surface area contributed by atoms with Crippen LogP contribution in [0.5, 0.6) is 0 Å². The van der Waals surface area contributed by atoms with Crippen LogP contribution in [0, 0.1) is 5.92 Å². The monoisotopic (exact) mass is 532 g/mol. The number of halogens is 1. The fraction of sp³-hybridized carbons (Fsp3) is 0.762. The van der Waals surface area contributed by atoms with Crippen molar-refractivity contribution in [1.29, 1.82) is 0 Å². The number of aromatic nitrogens is 2. The van der Waals surface area contributed by atoms with Gasteiger partial charge in [0.1, 0.15) is 5.60 Å². The standard InChI is InChI=1S/C21H36N6O2.HI/c1-21(2,3)29-20(28)27(16-17-6-7-17)18-8-13-25(14-9-18)19(22-4)23-11-15-26-12-5-10-24-26;/h5,10,12,17-18H,6-9,11,13-16H2,1-4H3,(H,22,23);1H. The van der Waals surface area contributed by atoms with E-state index in [1.54, 1.807) is 6.20 Å². The van der Waals surface area contributed by atoms with E-state index < -0.39 is 5.60 Å². The van der Waals surface area contributed by atoms with Crippen LogP contribution in [0.2, 0.25) is 0 Å². The molecule has 0 unspecified atom stereocenters. The molecule has 1 aliphatic carbocycles. The Hall–Kier alpha value is -1.52. The van der Waals surface area contributed by atoms with Gasteiger partial charge in [-0.1, -0.05) is 0 Å². The lowest BCUT2D eigenvalue weighted by Crippen LogP contribution is -2.52. The first kappa shape index (κ1) is 24.7. The van der Waals surface area contributed by atoms with Crippen LogP contribution < -0.4 is 5.32 Å². The van der Waals surface area contributed by atoms with E-state index in [0.29, 0.717) is 5.92 Å². The van der Waals surface area contributed by atoms with E-state index in [1.165, 1.54) is 12.8 Å². The summed E-state index contributed by atoms with van der Waals surface area (Å²) >= 11 is 0. The predicted octanol–water partition coefficient (Wildman–Crippen LogP) is 3.19. The third-order valence-corrected chi connectivity index (χ3v) is 5.38. The molecule has 0 radical (unpaired) electrons. The number of aliphatic imine (C=N–C) groups is 1. The molecule has 30 heavy (non-hydrogen) atoms. The molecule has 1 saturated carbocycles. The molecule has 1 aromatic rings. The van der Waals surface area contributed by atoms with Gasteiger partial charge < -0.3 is 19.9 Å². The van der Waals surface area contributed by atoms with Crippen molar-refractivity contribution in [2.24, 2.45) is 10.9 Å². The molecule has 2 fully saturated rings. The van der Waals surface area contributed by atoms with E-state index in [0.717, 1.165) is 51.5 Å². The highest BCUT2D eigenvalue weighted by Crippen LogP contribution is 2.32. The van der Waals surface area contributed by atoms with Crippen molar-refractivity contribution in [3.63, 3.8) is 0 Å². The molecule has 0 spiro atoms.